The maximum Gasteiger partial charge on any atom is 0.159 e. The van der Waals surface area contributed by atoms with Crippen LogP contribution in [0, 0.1) is 6.92 Å². The molecule has 0 aliphatic heterocycles. The van der Waals surface area contributed by atoms with E-state index in [1.165, 1.54) is 0 Å². The molecule has 174 valence electrons. The second kappa shape index (κ2) is 7.87. The maximum atomic E-state index is 10.2. The van der Waals surface area contributed by atoms with Gasteiger partial charge in [-0.3, -0.25) is 0 Å². The van der Waals surface area contributed by atoms with Crippen LogP contribution in [0.3, 0.4) is 0 Å². The van der Waals surface area contributed by atoms with Crippen molar-refractivity contribution in [2.45, 2.75) is 37.8 Å². The highest BCUT2D eigenvalue weighted by atomic mass is 16.3. The lowest BCUT2D eigenvalue weighted by Gasteiger charge is -2.49. The minimum Gasteiger partial charge on any atom is -0.390 e. The SMILES string of the molecule is Cc1c(-c2ccccc2)nn2cc(-c3ccccc3)c(-c3ccc([C@]4(N)C[C@](C)(O)C4)cc3)nc12. The second-order valence-electron chi connectivity index (χ2n) is 10.1. The van der Waals surface area contributed by atoms with Gasteiger partial charge in [0.2, 0.25) is 0 Å². The fourth-order valence-corrected chi connectivity index (χ4v) is 5.47. The fourth-order valence-electron chi connectivity index (χ4n) is 5.47. The Morgan fingerprint density at radius 3 is 1.97 bits per heavy atom. The third-order valence-electron chi connectivity index (χ3n) is 7.10. The topological polar surface area (TPSA) is 76.4 Å². The summed E-state index contributed by atoms with van der Waals surface area (Å²) in [7, 11) is 0. The molecule has 1 saturated carbocycles. The van der Waals surface area contributed by atoms with Crippen LogP contribution in [-0.2, 0) is 5.54 Å². The monoisotopic (exact) mass is 460 g/mol. The van der Waals surface area contributed by atoms with Gasteiger partial charge in [0.05, 0.1) is 17.0 Å². The molecule has 0 radical (unpaired) electrons. The van der Waals surface area contributed by atoms with Crippen molar-refractivity contribution in [3.8, 4) is 33.6 Å². The summed E-state index contributed by atoms with van der Waals surface area (Å²) in [4.78, 5) is 5.15. The van der Waals surface area contributed by atoms with Gasteiger partial charge in [0.1, 0.15) is 0 Å². The highest BCUT2D eigenvalue weighted by Gasteiger charge is 2.49. The number of nitrogens with two attached hydrogens (primary N) is 1. The maximum absolute atomic E-state index is 10.2. The minimum absolute atomic E-state index is 0.478. The molecule has 2 heterocycles. The van der Waals surface area contributed by atoms with Gasteiger partial charge < -0.3 is 10.8 Å². The zero-order valence-corrected chi connectivity index (χ0v) is 19.9. The third-order valence-corrected chi connectivity index (χ3v) is 7.10. The van der Waals surface area contributed by atoms with E-state index in [0.29, 0.717) is 12.8 Å². The molecule has 5 aromatic rings. The minimum atomic E-state index is -0.684. The van der Waals surface area contributed by atoms with Crippen LogP contribution < -0.4 is 5.73 Å². The molecule has 35 heavy (non-hydrogen) atoms. The quantitative estimate of drug-likeness (QED) is 0.359. The zero-order chi connectivity index (χ0) is 24.2. The second-order valence-corrected chi connectivity index (χ2v) is 10.1. The van der Waals surface area contributed by atoms with E-state index in [1.54, 1.807) is 0 Å². The van der Waals surface area contributed by atoms with E-state index in [-0.39, 0.29) is 0 Å². The molecule has 5 heteroatoms. The van der Waals surface area contributed by atoms with E-state index < -0.39 is 11.1 Å². The lowest BCUT2D eigenvalue weighted by molar-refractivity contribution is -0.0738. The van der Waals surface area contributed by atoms with Crippen molar-refractivity contribution in [3.05, 3.63) is 102 Å². The summed E-state index contributed by atoms with van der Waals surface area (Å²) >= 11 is 0. The summed E-state index contributed by atoms with van der Waals surface area (Å²) in [5.74, 6) is 0. The number of fused-ring (bicyclic) bond motifs is 1. The van der Waals surface area contributed by atoms with E-state index in [0.717, 1.165) is 50.4 Å². The van der Waals surface area contributed by atoms with Gasteiger partial charge in [0.15, 0.2) is 5.65 Å². The molecule has 3 aromatic carbocycles. The zero-order valence-electron chi connectivity index (χ0n) is 19.9. The average Bonchev–Trinajstić information content (AvgIpc) is 3.18. The van der Waals surface area contributed by atoms with Crippen LogP contribution in [-0.4, -0.2) is 25.3 Å². The Labute approximate surface area is 204 Å². The lowest BCUT2D eigenvalue weighted by atomic mass is 9.63. The van der Waals surface area contributed by atoms with Crippen molar-refractivity contribution in [2.75, 3.05) is 0 Å². The predicted molar refractivity (Wildman–Crippen MR) is 140 cm³/mol. The number of nitrogens with zero attached hydrogens (tertiary/aromatic N) is 3. The third kappa shape index (κ3) is 3.73. The van der Waals surface area contributed by atoms with Crippen LogP contribution >= 0.6 is 0 Å². The Kier molecular flexibility index (Phi) is 4.88. The van der Waals surface area contributed by atoms with Crippen molar-refractivity contribution in [3.63, 3.8) is 0 Å². The molecule has 0 atom stereocenters. The Bertz CT molecular complexity index is 1510. The number of hydrogen-bond donors (Lipinski definition) is 2. The molecule has 0 saturated heterocycles. The molecular formula is C30H28N4O. The average molecular weight is 461 g/mol. The summed E-state index contributed by atoms with van der Waals surface area (Å²) in [5.41, 5.74) is 14.4. The molecule has 2 aromatic heterocycles. The summed E-state index contributed by atoms with van der Waals surface area (Å²) in [5, 5.41) is 15.1. The van der Waals surface area contributed by atoms with Gasteiger partial charge in [-0.15, -0.1) is 0 Å². The normalized spacial score (nSPS) is 21.7. The molecule has 3 N–H and O–H groups in total. The molecule has 1 aliphatic carbocycles. The van der Waals surface area contributed by atoms with Crippen LogP contribution in [0.25, 0.3) is 39.3 Å². The Morgan fingerprint density at radius 2 is 1.37 bits per heavy atom. The van der Waals surface area contributed by atoms with Gasteiger partial charge in [0, 0.05) is 34.0 Å². The van der Waals surface area contributed by atoms with Crippen molar-refractivity contribution in [1.82, 2.24) is 14.6 Å². The van der Waals surface area contributed by atoms with Gasteiger partial charge >= 0.3 is 0 Å². The fraction of sp³-hybridized carbons (Fsp3) is 0.200. The summed E-state index contributed by atoms with van der Waals surface area (Å²) < 4.78 is 1.89. The van der Waals surface area contributed by atoms with Gasteiger partial charge in [-0.2, -0.15) is 5.10 Å². The first kappa shape index (κ1) is 21.7. The summed E-state index contributed by atoms with van der Waals surface area (Å²) in [6, 6.07) is 28.8. The van der Waals surface area contributed by atoms with Crippen LogP contribution in [0.2, 0.25) is 0 Å². The molecule has 6 rings (SSSR count). The number of benzene rings is 3. The van der Waals surface area contributed by atoms with E-state index in [4.69, 9.17) is 15.8 Å². The van der Waals surface area contributed by atoms with Gasteiger partial charge in [-0.1, -0.05) is 84.9 Å². The van der Waals surface area contributed by atoms with E-state index in [9.17, 15) is 5.11 Å². The molecule has 1 fully saturated rings. The van der Waals surface area contributed by atoms with Gasteiger partial charge in [-0.05, 0) is 37.8 Å². The van der Waals surface area contributed by atoms with E-state index in [1.807, 2.05) is 47.8 Å². The van der Waals surface area contributed by atoms with Crippen LogP contribution in [0.4, 0.5) is 0 Å². The number of aliphatic hydroxyl groups is 1. The largest absolute Gasteiger partial charge is 0.390 e. The van der Waals surface area contributed by atoms with Crippen molar-refractivity contribution in [2.24, 2.45) is 5.73 Å². The first-order chi connectivity index (χ1) is 16.8. The molecule has 0 spiro atoms. The standard InChI is InChI=1S/C30H28N4O/c1-20-26(22-11-7-4-8-12-22)33-34-17-25(21-9-5-3-6-10-21)27(32-28(20)34)23-13-15-24(16-14-23)30(31)18-29(2,35)19-30/h3-17,35H,18-19,31H2,1-2H3/t29-,30-. The van der Waals surface area contributed by atoms with Crippen molar-refractivity contribution < 1.29 is 5.11 Å². The summed E-state index contributed by atoms with van der Waals surface area (Å²) in [6.45, 7) is 3.92. The highest BCUT2D eigenvalue weighted by molar-refractivity contribution is 5.83. The van der Waals surface area contributed by atoms with E-state index in [2.05, 4.69) is 61.7 Å². The number of aryl methyl sites for hydroxylation is 1. The van der Waals surface area contributed by atoms with Crippen LogP contribution in [0.15, 0.2) is 91.1 Å². The van der Waals surface area contributed by atoms with E-state index >= 15 is 0 Å². The lowest BCUT2D eigenvalue weighted by Crippen LogP contribution is -2.58. The highest BCUT2D eigenvalue weighted by Crippen LogP contribution is 2.46. The summed E-state index contributed by atoms with van der Waals surface area (Å²) in [6.07, 6.45) is 3.21. The Morgan fingerprint density at radius 1 is 0.800 bits per heavy atom. The number of hydrogen-bond acceptors (Lipinski definition) is 4. The first-order valence-corrected chi connectivity index (χ1v) is 12.0. The smallest absolute Gasteiger partial charge is 0.159 e. The molecule has 5 nitrogen and oxygen atoms in total. The van der Waals surface area contributed by atoms with Gasteiger partial charge in [-0.25, -0.2) is 9.50 Å². The van der Waals surface area contributed by atoms with Crippen molar-refractivity contribution >= 4 is 5.65 Å². The number of rotatable bonds is 4. The van der Waals surface area contributed by atoms with Crippen LogP contribution in [0.5, 0.6) is 0 Å². The predicted octanol–water partition coefficient (Wildman–Crippen LogP) is 5.74. The molecule has 0 unspecified atom stereocenters. The van der Waals surface area contributed by atoms with Crippen molar-refractivity contribution in [1.29, 1.82) is 0 Å². The Balaban J connectivity index is 1.49. The molecular weight excluding hydrogens is 432 g/mol. The van der Waals surface area contributed by atoms with Crippen LogP contribution in [0.1, 0.15) is 30.9 Å². The molecule has 1 aliphatic rings. The first-order valence-electron chi connectivity index (χ1n) is 12.0. The van der Waals surface area contributed by atoms with Gasteiger partial charge in [0.25, 0.3) is 0 Å². The molecule has 0 amide bonds. The molecule has 0 bridgehead atoms. The number of aromatic nitrogens is 3. The Hall–Kier alpha value is -3.80.